The number of ether oxygens (including phenoxy) is 2. The van der Waals surface area contributed by atoms with Gasteiger partial charge in [0.15, 0.2) is 0 Å². The molecular formula is C12H20N2O6. The standard InChI is InChI=1S/C12H20N2O6/c15-3-11(17)7-19-5-9-1-13-10(2-14-9)6-20-8-12(18)4-16/h1-2,11-12,15-18H,3-8H2/t11-,12-/m1/s1. The van der Waals surface area contributed by atoms with E-state index in [1.807, 2.05) is 0 Å². The molecule has 20 heavy (non-hydrogen) atoms. The maximum absolute atomic E-state index is 9.08. The van der Waals surface area contributed by atoms with Crippen molar-refractivity contribution in [2.75, 3.05) is 26.4 Å². The van der Waals surface area contributed by atoms with Gasteiger partial charge in [0.05, 0.1) is 63.4 Å². The summed E-state index contributed by atoms with van der Waals surface area (Å²) in [6.07, 6.45) is 1.25. The molecule has 0 saturated heterocycles. The largest absolute Gasteiger partial charge is 0.394 e. The summed E-state index contributed by atoms with van der Waals surface area (Å²) < 4.78 is 10.3. The van der Waals surface area contributed by atoms with Gasteiger partial charge < -0.3 is 29.9 Å². The fourth-order valence-corrected chi connectivity index (χ4v) is 1.24. The van der Waals surface area contributed by atoms with E-state index in [9.17, 15) is 0 Å². The van der Waals surface area contributed by atoms with Gasteiger partial charge in [-0.1, -0.05) is 0 Å². The van der Waals surface area contributed by atoms with Gasteiger partial charge in [-0.15, -0.1) is 0 Å². The van der Waals surface area contributed by atoms with Crippen molar-refractivity contribution in [2.45, 2.75) is 25.4 Å². The van der Waals surface area contributed by atoms with Crippen LogP contribution in [0.2, 0.25) is 0 Å². The van der Waals surface area contributed by atoms with Gasteiger partial charge in [0, 0.05) is 0 Å². The predicted octanol–water partition coefficient (Wildman–Crippen LogP) is -1.78. The molecule has 8 heteroatoms. The molecule has 0 bridgehead atoms. The Morgan fingerprint density at radius 2 is 1.25 bits per heavy atom. The molecule has 0 fully saturated rings. The lowest BCUT2D eigenvalue weighted by Crippen LogP contribution is -2.19. The lowest BCUT2D eigenvalue weighted by molar-refractivity contribution is -0.00208. The third-order valence-corrected chi connectivity index (χ3v) is 2.30. The fourth-order valence-electron chi connectivity index (χ4n) is 1.24. The first kappa shape index (κ1) is 16.9. The predicted molar refractivity (Wildman–Crippen MR) is 67.5 cm³/mol. The molecule has 1 aromatic heterocycles. The zero-order valence-electron chi connectivity index (χ0n) is 11.1. The van der Waals surface area contributed by atoms with Crippen molar-refractivity contribution in [1.82, 2.24) is 9.97 Å². The number of aliphatic hydroxyl groups is 4. The molecule has 0 aliphatic carbocycles. The van der Waals surface area contributed by atoms with Crippen molar-refractivity contribution >= 4 is 0 Å². The first-order valence-corrected chi connectivity index (χ1v) is 6.18. The summed E-state index contributed by atoms with van der Waals surface area (Å²) in [6.45, 7) is -0.254. The summed E-state index contributed by atoms with van der Waals surface area (Å²) in [5.41, 5.74) is 1.18. The van der Waals surface area contributed by atoms with E-state index in [-0.39, 0.29) is 39.6 Å². The number of aromatic nitrogens is 2. The molecule has 4 N–H and O–H groups in total. The molecule has 0 radical (unpaired) electrons. The normalized spacial score (nSPS) is 14.2. The molecule has 0 amide bonds. The average molecular weight is 288 g/mol. The van der Waals surface area contributed by atoms with E-state index >= 15 is 0 Å². The SMILES string of the molecule is OC[C@@H](O)COCc1cnc(COC[C@H](O)CO)cn1. The lowest BCUT2D eigenvalue weighted by Gasteiger charge is -2.09. The molecule has 0 spiro atoms. The molecule has 0 saturated carbocycles. The average Bonchev–Trinajstić information content (AvgIpc) is 2.48. The second-order valence-corrected chi connectivity index (χ2v) is 4.20. The van der Waals surface area contributed by atoms with Crippen LogP contribution in [-0.4, -0.2) is 69.0 Å². The van der Waals surface area contributed by atoms with Crippen LogP contribution in [0.5, 0.6) is 0 Å². The number of nitrogens with zero attached hydrogens (tertiary/aromatic N) is 2. The Morgan fingerprint density at radius 3 is 1.55 bits per heavy atom. The van der Waals surface area contributed by atoms with Gasteiger partial charge in [-0.05, 0) is 0 Å². The molecule has 0 aliphatic rings. The highest BCUT2D eigenvalue weighted by Crippen LogP contribution is 2.00. The highest BCUT2D eigenvalue weighted by Gasteiger charge is 2.05. The second-order valence-electron chi connectivity index (χ2n) is 4.20. The highest BCUT2D eigenvalue weighted by atomic mass is 16.5. The zero-order valence-corrected chi connectivity index (χ0v) is 11.1. The summed E-state index contributed by atoms with van der Waals surface area (Å²) in [4.78, 5) is 8.19. The van der Waals surface area contributed by atoms with Crippen LogP contribution in [0.3, 0.4) is 0 Å². The van der Waals surface area contributed by atoms with Crippen molar-refractivity contribution < 1.29 is 29.9 Å². The van der Waals surface area contributed by atoms with Crippen LogP contribution < -0.4 is 0 Å². The van der Waals surface area contributed by atoms with Gasteiger partial charge in [0.25, 0.3) is 0 Å². The number of aliphatic hydroxyl groups excluding tert-OH is 4. The van der Waals surface area contributed by atoms with Crippen LogP contribution in [0.25, 0.3) is 0 Å². The third-order valence-electron chi connectivity index (χ3n) is 2.30. The van der Waals surface area contributed by atoms with E-state index in [1.54, 1.807) is 0 Å². The lowest BCUT2D eigenvalue weighted by atomic mass is 10.4. The van der Waals surface area contributed by atoms with Crippen LogP contribution >= 0.6 is 0 Å². The second kappa shape index (κ2) is 9.70. The Hall–Kier alpha value is -1.16. The zero-order chi connectivity index (χ0) is 14.8. The van der Waals surface area contributed by atoms with Crippen molar-refractivity contribution in [3.63, 3.8) is 0 Å². The molecule has 8 nitrogen and oxygen atoms in total. The Labute approximate surface area is 116 Å². The van der Waals surface area contributed by atoms with Crippen LogP contribution in [0.1, 0.15) is 11.4 Å². The van der Waals surface area contributed by atoms with E-state index in [0.29, 0.717) is 11.4 Å². The fraction of sp³-hybridized carbons (Fsp3) is 0.667. The molecule has 1 rings (SSSR count). The molecule has 1 heterocycles. The maximum atomic E-state index is 9.08. The first-order chi connectivity index (χ1) is 9.65. The minimum absolute atomic E-state index is 0.0299. The molecule has 0 aliphatic heterocycles. The van der Waals surface area contributed by atoms with Crippen molar-refractivity contribution in [1.29, 1.82) is 0 Å². The number of hydrogen-bond donors (Lipinski definition) is 4. The number of hydrogen-bond acceptors (Lipinski definition) is 8. The van der Waals surface area contributed by atoms with E-state index in [0.717, 1.165) is 0 Å². The van der Waals surface area contributed by atoms with Crippen LogP contribution in [0.15, 0.2) is 12.4 Å². The Bertz CT molecular complexity index is 326. The minimum atomic E-state index is -0.895. The molecule has 114 valence electrons. The summed E-state index contributed by atoms with van der Waals surface area (Å²) >= 11 is 0. The maximum Gasteiger partial charge on any atom is 0.100 e. The van der Waals surface area contributed by atoms with Crippen molar-refractivity contribution in [2.24, 2.45) is 0 Å². The van der Waals surface area contributed by atoms with Gasteiger partial charge in [0.2, 0.25) is 0 Å². The quantitative estimate of drug-likeness (QED) is 0.398. The van der Waals surface area contributed by atoms with Gasteiger partial charge in [-0.25, -0.2) is 0 Å². The molecule has 1 aromatic rings. The minimum Gasteiger partial charge on any atom is -0.394 e. The summed E-state index contributed by atoms with van der Waals surface area (Å²) in [7, 11) is 0. The first-order valence-electron chi connectivity index (χ1n) is 6.18. The van der Waals surface area contributed by atoms with Crippen LogP contribution in [0, 0.1) is 0 Å². The third kappa shape index (κ3) is 6.85. The van der Waals surface area contributed by atoms with Gasteiger partial charge in [-0.2, -0.15) is 0 Å². The summed E-state index contributed by atoms with van der Waals surface area (Å²) in [5.74, 6) is 0. The van der Waals surface area contributed by atoms with Crippen LogP contribution in [-0.2, 0) is 22.7 Å². The topological polar surface area (TPSA) is 125 Å². The van der Waals surface area contributed by atoms with E-state index in [2.05, 4.69) is 9.97 Å². The van der Waals surface area contributed by atoms with Crippen LogP contribution in [0.4, 0.5) is 0 Å². The summed E-state index contributed by atoms with van der Waals surface area (Å²) in [5, 5.41) is 35.4. The van der Waals surface area contributed by atoms with Crippen molar-refractivity contribution in [3.8, 4) is 0 Å². The van der Waals surface area contributed by atoms with E-state index < -0.39 is 12.2 Å². The Morgan fingerprint density at radius 1 is 0.850 bits per heavy atom. The van der Waals surface area contributed by atoms with Gasteiger partial charge >= 0.3 is 0 Å². The van der Waals surface area contributed by atoms with Gasteiger partial charge in [0.1, 0.15) is 12.2 Å². The van der Waals surface area contributed by atoms with Crippen molar-refractivity contribution in [3.05, 3.63) is 23.8 Å². The molecule has 0 aromatic carbocycles. The summed E-state index contributed by atoms with van der Waals surface area (Å²) in [6, 6.07) is 0. The molecule has 0 unspecified atom stereocenters. The molecular weight excluding hydrogens is 268 g/mol. The van der Waals surface area contributed by atoms with Gasteiger partial charge in [-0.3, -0.25) is 9.97 Å². The number of rotatable bonds is 10. The monoisotopic (exact) mass is 288 g/mol. The Kier molecular flexibility index (Phi) is 8.19. The smallest absolute Gasteiger partial charge is 0.100 e. The molecule has 2 atom stereocenters. The van der Waals surface area contributed by atoms with E-state index in [4.69, 9.17) is 29.9 Å². The Balaban J connectivity index is 2.26. The highest BCUT2D eigenvalue weighted by molar-refractivity contribution is 5.00. The van der Waals surface area contributed by atoms with E-state index in [1.165, 1.54) is 12.4 Å².